The average molecular weight is 370 g/mol. The maximum atomic E-state index is 12.5. The molecule has 0 unspecified atom stereocenters. The first-order valence-corrected chi connectivity index (χ1v) is 10.8. The van der Waals surface area contributed by atoms with Gasteiger partial charge in [-0.3, -0.25) is 19.3 Å². The molecule has 3 amide bonds. The van der Waals surface area contributed by atoms with E-state index in [2.05, 4.69) is 5.32 Å². The van der Waals surface area contributed by atoms with Gasteiger partial charge in [0.25, 0.3) is 0 Å². The first-order chi connectivity index (χ1) is 13.0. The zero-order chi connectivity index (χ0) is 18.6. The summed E-state index contributed by atoms with van der Waals surface area (Å²) in [6.45, 7) is 1.02. The lowest BCUT2D eigenvalue weighted by Crippen LogP contribution is -2.51. The van der Waals surface area contributed by atoms with Crippen LogP contribution in [0.25, 0.3) is 0 Å². The maximum absolute atomic E-state index is 12.5. The van der Waals surface area contributed by atoms with Crippen molar-refractivity contribution >= 4 is 17.7 Å². The van der Waals surface area contributed by atoms with Crippen LogP contribution in [0.2, 0.25) is 0 Å². The second-order valence-electron chi connectivity index (χ2n) is 9.93. The number of nitrogens with one attached hydrogen (secondary N) is 1. The van der Waals surface area contributed by atoms with E-state index in [0.717, 1.165) is 24.3 Å². The van der Waals surface area contributed by atoms with Gasteiger partial charge in [-0.15, -0.1) is 0 Å². The minimum absolute atomic E-state index is 0.0145. The zero-order valence-corrected chi connectivity index (χ0v) is 16.0. The second-order valence-corrected chi connectivity index (χ2v) is 9.93. The van der Waals surface area contributed by atoms with Gasteiger partial charge in [-0.2, -0.15) is 0 Å². The average Bonchev–Trinajstić information content (AvgIpc) is 2.88. The first-order valence-electron chi connectivity index (χ1n) is 10.8. The predicted octanol–water partition coefficient (Wildman–Crippen LogP) is 2.66. The summed E-state index contributed by atoms with van der Waals surface area (Å²) in [5.41, 5.74) is 0.324. The van der Waals surface area contributed by atoms with Crippen molar-refractivity contribution in [2.75, 3.05) is 13.1 Å². The smallest absolute Gasteiger partial charge is 0.233 e. The molecular formula is C22H30N2O3. The van der Waals surface area contributed by atoms with Gasteiger partial charge in [-0.25, -0.2) is 0 Å². The van der Waals surface area contributed by atoms with E-state index in [-0.39, 0.29) is 42.5 Å². The van der Waals surface area contributed by atoms with Gasteiger partial charge in [0.2, 0.25) is 17.7 Å². The number of rotatable bonds is 5. The topological polar surface area (TPSA) is 66.5 Å². The number of carbonyl (C=O) groups is 3. The van der Waals surface area contributed by atoms with Crippen LogP contribution in [-0.4, -0.2) is 35.7 Å². The molecule has 5 fully saturated rings. The largest absolute Gasteiger partial charge is 0.355 e. The molecule has 2 atom stereocenters. The molecule has 0 radical (unpaired) electrons. The highest BCUT2D eigenvalue weighted by atomic mass is 16.2. The van der Waals surface area contributed by atoms with Crippen molar-refractivity contribution in [3.63, 3.8) is 0 Å². The third-order valence-electron chi connectivity index (χ3n) is 7.99. The molecule has 0 aromatic heterocycles. The molecule has 6 rings (SSSR count). The van der Waals surface area contributed by atoms with Crippen LogP contribution in [0.4, 0.5) is 0 Å². The van der Waals surface area contributed by atoms with Crippen molar-refractivity contribution in [1.82, 2.24) is 10.2 Å². The number of fused-ring (bicyclic) bond motifs is 1. The van der Waals surface area contributed by atoms with Crippen molar-refractivity contribution in [2.45, 2.75) is 57.8 Å². The van der Waals surface area contributed by atoms with Crippen LogP contribution in [0.5, 0.6) is 0 Å². The Morgan fingerprint density at radius 2 is 1.48 bits per heavy atom. The summed E-state index contributed by atoms with van der Waals surface area (Å²) in [5.74, 6) is 2.07. The van der Waals surface area contributed by atoms with Crippen LogP contribution in [0.1, 0.15) is 57.8 Å². The first kappa shape index (κ1) is 17.4. The minimum Gasteiger partial charge on any atom is -0.355 e. The van der Waals surface area contributed by atoms with Gasteiger partial charge >= 0.3 is 0 Å². The highest BCUT2D eigenvalue weighted by molar-refractivity contribution is 6.05. The standard InChI is InChI=1S/C22H30N2O3/c25-19(5-6-24-20(26)17-3-1-2-4-18(17)21(24)27)23-13-22-10-14-7-15(11-22)9-16(8-14)12-22/h1-2,14-18H,3-13H2,(H,23,25)/t14?,15?,16?,17-,18-,22?/m0/s1. The Morgan fingerprint density at radius 3 is 2.00 bits per heavy atom. The highest BCUT2D eigenvalue weighted by Gasteiger charge is 2.51. The fraction of sp³-hybridized carbons (Fsp3) is 0.773. The van der Waals surface area contributed by atoms with Crippen LogP contribution in [0.3, 0.4) is 0 Å². The second kappa shape index (κ2) is 6.46. The molecule has 146 valence electrons. The Labute approximate surface area is 160 Å². The number of likely N-dealkylation sites (tertiary alicyclic amines) is 1. The van der Waals surface area contributed by atoms with Crippen LogP contribution < -0.4 is 5.32 Å². The minimum atomic E-state index is -0.197. The van der Waals surface area contributed by atoms with E-state index in [1.165, 1.54) is 43.4 Å². The normalized spacial score (nSPS) is 41.9. The molecule has 5 heteroatoms. The lowest BCUT2D eigenvalue weighted by molar-refractivity contribution is -0.140. The number of hydrogen-bond donors (Lipinski definition) is 1. The molecule has 0 aromatic rings. The summed E-state index contributed by atoms with van der Waals surface area (Å²) >= 11 is 0. The third kappa shape index (κ3) is 3.03. The van der Waals surface area contributed by atoms with Crippen molar-refractivity contribution in [2.24, 2.45) is 35.0 Å². The number of amides is 3. The van der Waals surface area contributed by atoms with E-state index in [0.29, 0.717) is 18.3 Å². The van der Waals surface area contributed by atoms with Gasteiger partial charge in [0, 0.05) is 19.5 Å². The summed E-state index contributed by atoms with van der Waals surface area (Å²) in [4.78, 5) is 38.8. The van der Waals surface area contributed by atoms with Gasteiger partial charge in [-0.05, 0) is 74.5 Å². The van der Waals surface area contributed by atoms with Crippen LogP contribution in [-0.2, 0) is 14.4 Å². The number of hydrogen-bond acceptors (Lipinski definition) is 3. The summed E-state index contributed by atoms with van der Waals surface area (Å²) in [6, 6.07) is 0. The van der Waals surface area contributed by atoms with E-state index in [4.69, 9.17) is 0 Å². The molecule has 27 heavy (non-hydrogen) atoms. The van der Waals surface area contributed by atoms with Crippen LogP contribution in [0.15, 0.2) is 12.2 Å². The van der Waals surface area contributed by atoms with E-state index in [1.54, 1.807) is 0 Å². The third-order valence-corrected chi connectivity index (χ3v) is 7.99. The fourth-order valence-corrected chi connectivity index (χ4v) is 7.18. The molecule has 5 aliphatic carbocycles. The Hall–Kier alpha value is -1.65. The monoisotopic (exact) mass is 370 g/mol. The fourth-order valence-electron chi connectivity index (χ4n) is 7.18. The highest BCUT2D eigenvalue weighted by Crippen LogP contribution is 2.59. The van der Waals surface area contributed by atoms with E-state index in [1.807, 2.05) is 12.2 Å². The van der Waals surface area contributed by atoms with E-state index in [9.17, 15) is 14.4 Å². The number of allylic oxidation sites excluding steroid dienone is 2. The maximum Gasteiger partial charge on any atom is 0.233 e. The molecule has 4 bridgehead atoms. The zero-order valence-electron chi connectivity index (χ0n) is 16.0. The Kier molecular flexibility index (Phi) is 4.17. The molecule has 1 saturated heterocycles. The van der Waals surface area contributed by atoms with Crippen molar-refractivity contribution in [1.29, 1.82) is 0 Å². The molecule has 5 nitrogen and oxygen atoms in total. The van der Waals surface area contributed by atoms with Crippen molar-refractivity contribution in [3.05, 3.63) is 12.2 Å². The molecule has 1 N–H and O–H groups in total. The van der Waals surface area contributed by atoms with Gasteiger partial charge in [0.1, 0.15) is 0 Å². The summed E-state index contributed by atoms with van der Waals surface area (Å²) in [7, 11) is 0. The Balaban J connectivity index is 1.13. The summed E-state index contributed by atoms with van der Waals surface area (Å²) < 4.78 is 0. The van der Waals surface area contributed by atoms with Gasteiger partial charge in [-0.1, -0.05) is 12.2 Å². The summed E-state index contributed by atoms with van der Waals surface area (Å²) in [5, 5.41) is 3.16. The Bertz CT molecular complexity index is 636. The number of imide groups is 1. The van der Waals surface area contributed by atoms with Crippen molar-refractivity contribution < 1.29 is 14.4 Å². The molecule has 1 aliphatic heterocycles. The lowest BCUT2D eigenvalue weighted by Gasteiger charge is -2.56. The summed E-state index contributed by atoms with van der Waals surface area (Å²) in [6.07, 6.45) is 13.6. The molecular weight excluding hydrogens is 340 g/mol. The molecule has 0 spiro atoms. The van der Waals surface area contributed by atoms with Gasteiger partial charge in [0.15, 0.2) is 0 Å². The predicted molar refractivity (Wildman–Crippen MR) is 100 cm³/mol. The van der Waals surface area contributed by atoms with E-state index < -0.39 is 0 Å². The molecule has 6 aliphatic rings. The molecule has 0 aromatic carbocycles. The van der Waals surface area contributed by atoms with Crippen molar-refractivity contribution in [3.8, 4) is 0 Å². The molecule has 4 saturated carbocycles. The van der Waals surface area contributed by atoms with E-state index >= 15 is 0 Å². The molecule has 1 heterocycles. The number of nitrogens with zero attached hydrogens (tertiary/aromatic N) is 1. The SMILES string of the molecule is O=C(CCN1C(=O)[C@H]2CC=CC[C@@H]2C1=O)NCC12CC3CC(CC(C3)C1)C2. The van der Waals surface area contributed by atoms with Gasteiger partial charge in [0.05, 0.1) is 11.8 Å². The van der Waals surface area contributed by atoms with Gasteiger partial charge < -0.3 is 5.32 Å². The quantitative estimate of drug-likeness (QED) is 0.598. The van der Waals surface area contributed by atoms with Crippen LogP contribution in [0, 0.1) is 35.0 Å². The number of carbonyl (C=O) groups excluding carboxylic acids is 3. The Morgan fingerprint density at radius 1 is 0.963 bits per heavy atom. The lowest BCUT2D eigenvalue weighted by atomic mass is 9.49. The van der Waals surface area contributed by atoms with Crippen LogP contribution >= 0.6 is 0 Å².